The van der Waals surface area contributed by atoms with Crippen LogP contribution in [0.2, 0.25) is 0 Å². The van der Waals surface area contributed by atoms with E-state index in [0.29, 0.717) is 11.1 Å². The van der Waals surface area contributed by atoms with E-state index in [1.54, 1.807) is 5.32 Å². The number of benzene rings is 1. The fraction of sp³-hybridized carbons (Fsp3) is 0.429. The van der Waals surface area contributed by atoms with Gasteiger partial charge in [0.1, 0.15) is 5.82 Å². The molecule has 112 valence electrons. The van der Waals surface area contributed by atoms with E-state index >= 15 is 0 Å². The Morgan fingerprint density at radius 2 is 1.86 bits per heavy atom. The molecule has 0 radical (unpaired) electrons. The number of nitrogens with zero attached hydrogens (tertiary/aromatic N) is 3. The summed E-state index contributed by atoms with van der Waals surface area (Å²) in [7, 11) is 2.81. The van der Waals surface area contributed by atoms with Crippen molar-refractivity contribution in [3.05, 3.63) is 12.1 Å². The van der Waals surface area contributed by atoms with Crippen LogP contribution >= 0.6 is 0 Å². The Kier molecular flexibility index (Phi) is 1.90. The zero-order valence-corrected chi connectivity index (χ0v) is 11.4. The van der Waals surface area contributed by atoms with E-state index in [-0.39, 0.29) is 22.0 Å². The molecule has 1 aromatic heterocycles. The molecule has 0 saturated carbocycles. The van der Waals surface area contributed by atoms with Gasteiger partial charge in [0.15, 0.2) is 11.5 Å². The molecule has 1 aliphatic heterocycles. The van der Waals surface area contributed by atoms with Gasteiger partial charge in [-0.25, -0.2) is 4.98 Å². The van der Waals surface area contributed by atoms with Crippen LogP contribution in [-0.4, -0.2) is 50.2 Å². The molecule has 2 aromatic rings. The number of piperazine rings is 1. The standard InChI is InChI=1S/C14H19N5O2/c1-20-11-7-9-10(8-12(11)21-2)17-14(18-13(9)15)19-5-3-16-4-6-19/h7-8,16H,3-6H2,1-2H3,(H2,15,17,18)/i3D2,4D2,5D2,6D2. The van der Waals surface area contributed by atoms with E-state index < -0.39 is 31.9 Å². The van der Waals surface area contributed by atoms with Gasteiger partial charge in [0.25, 0.3) is 0 Å². The highest BCUT2D eigenvalue weighted by Gasteiger charge is 2.16. The van der Waals surface area contributed by atoms with Crippen molar-refractivity contribution in [2.24, 2.45) is 0 Å². The molecular formula is C14H19N5O2. The van der Waals surface area contributed by atoms with Gasteiger partial charge < -0.3 is 25.4 Å². The lowest BCUT2D eigenvalue weighted by Gasteiger charge is -2.27. The molecule has 1 saturated heterocycles. The predicted molar refractivity (Wildman–Crippen MR) is 82.1 cm³/mol. The molecule has 1 aromatic carbocycles. The normalized spacial score (nSPS) is 30.5. The maximum Gasteiger partial charge on any atom is 0.227 e. The molecule has 2 heterocycles. The Hall–Kier alpha value is -2.28. The van der Waals surface area contributed by atoms with Crippen LogP contribution in [0.1, 0.15) is 11.0 Å². The zero-order chi connectivity index (χ0) is 22.0. The molecule has 3 rings (SSSR count). The number of methoxy groups -OCH3 is 2. The average Bonchev–Trinajstić information content (AvgIpc) is 2.58. The van der Waals surface area contributed by atoms with Crippen LogP contribution in [0.5, 0.6) is 11.5 Å². The Labute approximate surface area is 134 Å². The van der Waals surface area contributed by atoms with E-state index in [1.165, 1.54) is 26.4 Å². The number of nitrogens with one attached hydrogen (secondary N) is 1. The minimum absolute atomic E-state index is 0.149. The summed E-state index contributed by atoms with van der Waals surface area (Å²) >= 11 is 0. The lowest BCUT2D eigenvalue weighted by atomic mass is 10.2. The summed E-state index contributed by atoms with van der Waals surface area (Å²) in [5, 5.41) is 2.06. The van der Waals surface area contributed by atoms with Crippen LogP contribution in [0.4, 0.5) is 11.8 Å². The monoisotopic (exact) mass is 297 g/mol. The number of nitrogens with two attached hydrogens (primary N) is 1. The van der Waals surface area contributed by atoms with E-state index in [4.69, 9.17) is 26.2 Å². The number of fused-ring (bicyclic) bond motifs is 1. The van der Waals surface area contributed by atoms with E-state index in [9.17, 15) is 0 Å². The second-order valence-electron chi connectivity index (χ2n) is 4.07. The third kappa shape index (κ3) is 2.52. The van der Waals surface area contributed by atoms with Crippen molar-refractivity contribution in [2.45, 2.75) is 0 Å². The maximum absolute atomic E-state index is 8.16. The Bertz CT molecular complexity index is 945. The van der Waals surface area contributed by atoms with Crippen molar-refractivity contribution in [1.82, 2.24) is 15.3 Å². The van der Waals surface area contributed by atoms with Crippen molar-refractivity contribution >= 4 is 22.7 Å². The summed E-state index contributed by atoms with van der Waals surface area (Å²) in [6, 6.07) is 2.92. The van der Waals surface area contributed by atoms with Gasteiger partial charge in [-0.1, -0.05) is 0 Å². The quantitative estimate of drug-likeness (QED) is 0.859. The highest BCUT2D eigenvalue weighted by atomic mass is 16.5. The summed E-state index contributed by atoms with van der Waals surface area (Å²) in [6.45, 7) is -12.1. The molecule has 0 amide bonds. The molecule has 1 fully saturated rings. The van der Waals surface area contributed by atoms with Crippen LogP contribution < -0.4 is 25.4 Å². The van der Waals surface area contributed by atoms with Crippen LogP contribution in [0.15, 0.2) is 12.1 Å². The minimum atomic E-state index is -3.07. The first-order chi connectivity index (χ1) is 13.2. The molecule has 7 nitrogen and oxygen atoms in total. The fourth-order valence-electron chi connectivity index (χ4n) is 1.89. The molecule has 0 unspecified atom stereocenters. The largest absolute Gasteiger partial charge is 0.493 e. The Morgan fingerprint density at radius 3 is 2.52 bits per heavy atom. The third-order valence-corrected chi connectivity index (χ3v) is 2.88. The van der Waals surface area contributed by atoms with Gasteiger partial charge in [-0.2, -0.15) is 4.98 Å². The van der Waals surface area contributed by atoms with E-state index in [2.05, 4.69) is 9.97 Å². The second kappa shape index (κ2) is 5.61. The van der Waals surface area contributed by atoms with Crippen molar-refractivity contribution in [3.8, 4) is 11.5 Å². The smallest absolute Gasteiger partial charge is 0.227 e. The highest BCUT2D eigenvalue weighted by molar-refractivity contribution is 5.91. The van der Waals surface area contributed by atoms with E-state index in [0.717, 1.165) is 0 Å². The average molecular weight is 297 g/mol. The number of aromatic nitrogens is 2. The minimum Gasteiger partial charge on any atom is -0.493 e. The van der Waals surface area contributed by atoms with Gasteiger partial charge in [-0.15, -0.1) is 0 Å². The van der Waals surface area contributed by atoms with Gasteiger partial charge >= 0.3 is 0 Å². The molecule has 7 heteroatoms. The number of nitrogen functional groups attached to an aromatic ring is 1. The third-order valence-electron chi connectivity index (χ3n) is 2.88. The summed E-state index contributed by atoms with van der Waals surface area (Å²) in [4.78, 5) is 8.28. The number of hydrogen-bond donors (Lipinski definition) is 2. The number of rotatable bonds is 3. The van der Waals surface area contributed by atoms with Gasteiger partial charge in [0.2, 0.25) is 5.95 Å². The summed E-state index contributed by atoms with van der Waals surface area (Å²) in [5.41, 5.74) is 6.12. The SMILES string of the molecule is [2H]C1([2H])NC([2H])([2H])C([2H])([2H])N(c2nc(N)c3cc(OC)c(OC)cc3n2)C1([2H])[2H]. The Morgan fingerprint density at radius 1 is 1.19 bits per heavy atom. The van der Waals surface area contributed by atoms with Crippen molar-refractivity contribution in [1.29, 1.82) is 0 Å². The Balaban J connectivity index is 2.29. The molecule has 3 N–H and O–H groups in total. The first-order valence-electron chi connectivity index (χ1n) is 9.98. The number of hydrogen-bond acceptors (Lipinski definition) is 7. The van der Waals surface area contributed by atoms with Gasteiger partial charge in [0.05, 0.1) is 25.2 Å². The summed E-state index contributed by atoms with van der Waals surface area (Å²) < 4.78 is 74.6. The molecule has 0 bridgehead atoms. The fourth-order valence-corrected chi connectivity index (χ4v) is 1.89. The first-order valence-corrected chi connectivity index (χ1v) is 5.98. The maximum atomic E-state index is 8.16. The zero-order valence-electron chi connectivity index (χ0n) is 19.4. The highest BCUT2D eigenvalue weighted by Crippen LogP contribution is 2.34. The molecule has 21 heavy (non-hydrogen) atoms. The molecule has 0 spiro atoms. The van der Waals surface area contributed by atoms with Crippen LogP contribution in [-0.2, 0) is 0 Å². The molecule has 0 aliphatic carbocycles. The first kappa shape index (κ1) is 7.13. The number of ether oxygens (including phenoxy) is 2. The van der Waals surface area contributed by atoms with Gasteiger partial charge in [-0.3, -0.25) is 0 Å². The number of anilines is 2. The van der Waals surface area contributed by atoms with Crippen LogP contribution in [0.25, 0.3) is 10.9 Å². The molecule has 1 aliphatic rings. The van der Waals surface area contributed by atoms with Crippen LogP contribution in [0.3, 0.4) is 0 Å². The predicted octanol–water partition coefficient (Wildman–Crippen LogP) is 0.639. The van der Waals surface area contributed by atoms with Crippen molar-refractivity contribution < 1.29 is 20.4 Å². The summed E-state index contributed by atoms with van der Waals surface area (Å²) in [5.74, 6) is -0.159. The lowest BCUT2D eigenvalue weighted by molar-refractivity contribution is 0.356. The molecular weight excluding hydrogens is 270 g/mol. The molecule has 0 atom stereocenters. The topological polar surface area (TPSA) is 85.5 Å². The van der Waals surface area contributed by atoms with Crippen molar-refractivity contribution in [3.63, 3.8) is 0 Å². The van der Waals surface area contributed by atoms with Crippen LogP contribution in [0, 0.1) is 0 Å². The van der Waals surface area contributed by atoms with Gasteiger partial charge in [-0.05, 0) is 6.07 Å². The summed E-state index contributed by atoms with van der Waals surface area (Å²) in [6.07, 6.45) is 0. The van der Waals surface area contributed by atoms with Crippen molar-refractivity contribution in [2.75, 3.05) is 50.8 Å². The van der Waals surface area contributed by atoms with Gasteiger partial charge in [0, 0.05) is 42.9 Å². The lowest BCUT2D eigenvalue weighted by Crippen LogP contribution is -2.44. The van der Waals surface area contributed by atoms with E-state index in [1.807, 2.05) is 0 Å². The second-order valence-corrected chi connectivity index (χ2v) is 4.07.